The molecule has 0 aromatic carbocycles. The van der Waals surface area contributed by atoms with Crippen molar-refractivity contribution < 1.29 is 9.90 Å². The number of aryl methyl sites for hydroxylation is 1. The molecule has 1 aromatic heterocycles. The number of imidazole rings is 1. The highest BCUT2D eigenvalue weighted by atomic mass is 16.3. The standard InChI is InChI=1S/C15H23N3O2/c1-10(2)13(19)18-11-4-5-12(18)9-15(20,8-11)14-16-6-7-17(14)3/h6-7,10-12,20H,4-5,8-9H2,1-3H3. The molecule has 2 unspecified atom stereocenters. The lowest BCUT2D eigenvalue weighted by molar-refractivity contribution is -0.145. The van der Waals surface area contributed by atoms with E-state index in [0.717, 1.165) is 18.7 Å². The van der Waals surface area contributed by atoms with E-state index in [1.54, 1.807) is 6.20 Å². The van der Waals surface area contributed by atoms with Crippen molar-refractivity contribution in [2.45, 2.75) is 57.2 Å². The first-order chi connectivity index (χ1) is 9.42. The number of carbonyl (C=O) groups excluding carboxylic acids is 1. The van der Waals surface area contributed by atoms with Crippen molar-refractivity contribution in [3.63, 3.8) is 0 Å². The molecule has 0 aliphatic carbocycles. The van der Waals surface area contributed by atoms with Crippen molar-refractivity contribution in [1.82, 2.24) is 14.5 Å². The van der Waals surface area contributed by atoms with Crippen LogP contribution in [0.25, 0.3) is 0 Å². The highest BCUT2D eigenvalue weighted by molar-refractivity contribution is 5.79. The molecule has 2 bridgehead atoms. The first-order valence-electron chi connectivity index (χ1n) is 7.45. The van der Waals surface area contributed by atoms with Gasteiger partial charge in [0.05, 0.1) is 0 Å². The zero-order valence-electron chi connectivity index (χ0n) is 12.4. The van der Waals surface area contributed by atoms with Crippen LogP contribution in [0.15, 0.2) is 12.4 Å². The number of aromatic nitrogens is 2. The van der Waals surface area contributed by atoms with Crippen LogP contribution in [0.5, 0.6) is 0 Å². The second-order valence-electron chi connectivity index (χ2n) is 6.59. The van der Waals surface area contributed by atoms with E-state index in [1.165, 1.54) is 0 Å². The molecule has 0 saturated carbocycles. The minimum atomic E-state index is -0.891. The molecule has 2 aliphatic rings. The van der Waals surface area contributed by atoms with Gasteiger partial charge in [0, 0.05) is 50.3 Å². The molecule has 5 nitrogen and oxygen atoms in total. The molecular weight excluding hydrogens is 254 g/mol. The molecule has 2 fully saturated rings. The average molecular weight is 277 g/mol. The summed E-state index contributed by atoms with van der Waals surface area (Å²) in [5, 5.41) is 11.0. The summed E-state index contributed by atoms with van der Waals surface area (Å²) in [5.74, 6) is 0.975. The first kappa shape index (κ1) is 13.6. The van der Waals surface area contributed by atoms with E-state index in [2.05, 4.69) is 4.98 Å². The maximum absolute atomic E-state index is 12.3. The molecular formula is C15H23N3O2. The summed E-state index contributed by atoms with van der Waals surface area (Å²) >= 11 is 0. The fourth-order valence-electron chi connectivity index (χ4n) is 3.88. The zero-order valence-corrected chi connectivity index (χ0v) is 12.4. The Bertz CT molecular complexity index is 509. The van der Waals surface area contributed by atoms with Gasteiger partial charge < -0.3 is 14.6 Å². The lowest BCUT2D eigenvalue weighted by Gasteiger charge is -2.44. The number of hydrogen-bond donors (Lipinski definition) is 1. The zero-order chi connectivity index (χ0) is 14.5. The lowest BCUT2D eigenvalue weighted by atomic mass is 9.84. The summed E-state index contributed by atoms with van der Waals surface area (Å²) in [7, 11) is 1.91. The second-order valence-corrected chi connectivity index (χ2v) is 6.59. The number of aliphatic hydroxyl groups is 1. The SMILES string of the molecule is CC(C)C(=O)N1C2CCC1CC(O)(c1nccn1C)C2. The number of amides is 1. The van der Waals surface area contributed by atoms with Gasteiger partial charge in [-0.1, -0.05) is 13.8 Å². The first-order valence-corrected chi connectivity index (χ1v) is 7.45. The van der Waals surface area contributed by atoms with Crippen LogP contribution in [0.2, 0.25) is 0 Å². The van der Waals surface area contributed by atoms with Gasteiger partial charge in [-0.15, -0.1) is 0 Å². The number of fused-ring (bicyclic) bond motifs is 2. The van der Waals surface area contributed by atoms with E-state index < -0.39 is 5.60 Å². The highest BCUT2D eigenvalue weighted by Gasteiger charge is 2.51. The fourth-order valence-corrected chi connectivity index (χ4v) is 3.88. The average Bonchev–Trinajstić information content (AvgIpc) is 2.92. The van der Waals surface area contributed by atoms with E-state index in [4.69, 9.17) is 0 Å². The summed E-state index contributed by atoms with van der Waals surface area (Å²) in [4.78, 5) is 18.7. The predicted octanol–water partition coefficient (Wildman–Crippen LogP) is 1.42. The maximum atomic E-state index is 12.3. The van der Waals surface area contributed by atoms with Crippen LogP contribution < -0.4 is 0 Å². The Morgan fingerprint density at radius 3 is 2.45 bits per heavy atom. The van der Waals surface area contributed by atoms with Gasteiger partial charge >= 0.3 is 0 Å². The predicted molar refractivity (Wildman–Crippen MR) is 74.8 cm³/mol. The minimum absolute atomic E-state index is 0.0254. The lowest BCUT2D eigenvalue weighted by Crippen LogP contribution is -2.53. The Labute approximate surface area is 119 Å². The molecule has 3 rings (SSSR count). The van der Waals surface area contributed by atoms with Gasteiger partial charge in [-0.25, -0.2) is 4.98 Å². The van der Waals surface area contributed by atoms with Crippen molar-refractivity contribution in [3.8, 4) is 0 Å². The highest BCUT2D eigenvalue weighted by Crippen LogP contribution is 2.45. The van der Waals surface area contributed by atoms with E-state index in [0.29, 0.717) is 12.8 Å². The number of carbonyl (C=O) groups is 1. The Morgan fingerprint density at radius 1 is 1.40 bits per heavy atom. The normalized spacial score (nSPS) is 33.0. The van der Waals surface area contributed by atoms with Gasteiger partial charge in [0.15, 0.2) is 0 Å². The third-order valence-corrected chi connectivity index (χ3v) is 4.75. The quantitative estimate of drug-likeness (QED) is 0.889. The van der Waals surface area contributed by atoms with E-state index in [-0.39, 0.29) is 23.9 Å². The Balaban J connectivity index is 1.87. The Morgan fingerprint density at radius 2 is 2.00 bits per heavy atom. The van der Waals surface area contributed by atoms with Crippen LogP contribution >= 0.6 is 0 Å². The molecule has 0 spiro atoms. The van der Waals surface area contributed by atoms with Crippen LogP contribution in [0.3, 0.4) is 0 Å². The van der Waals surface area contributed by atoms with Crippen molar-refractivity contribution in [1.29, 1.82) is 0 Å². The van der Waals surface area contributed by atoms with Crippen LogP contribution in [0.4, 0.5) is 0 Å². The van der Waals surface area contributed by atoms with E-state index in [9.17, 15) is 9.90 Å². The van der Waals surface area contributed by atoms with E-state index >= 15 is 0 Å². The summed E-state index contributed by atoms with van der Waals surface area (Å²) in [6.07, 6.45) is 6.78. The third-order valence-electron chi connectivity index (χ3n) is 4.75. The number of nitrogens with zero attached hydrogens (tertiary/aromatic N) is 3. The fraction of sp³-hybridized carbons (Fsp3) is 0.733. The van der Waals surface area contributed by atoms with Crippen molar-refractivity contribution >= 4 is 5.91 Å². The molecule has 3 heterocycles. The van der Waals surface area contributed by atoms with Crippen LogP contribution in [0, 0.1) is 5.92 Å². The molecule has 5 heteroatoms. The molecule has 1 aromatic rings. The van der Waals surface area contributed by atoms with Gasteiger partial charge in [-0.05, 0) is 12.8 Å². The molecule has 2 aliphatic heterocycles. The monoisotopic (exact) mass is 277 g/mol. The van der Waals surface area contributed by atoms with Gasteiger partial charge in [-0.3, -0.25) is 4.79 Å². The van der Waals surface area contributed by atoms with Crippen LogP contribution in [0.1, 0.15) is 45.4 Å². The molecule has 0 radical (unpaired) electrons. The molecule has 20 heavy (non-hydrogen) atoms. The van der Waals surface area contributed by atoms with Crippen molar-refractivity contribution in [2.75, 3.05) is 0 Å². The molecule has 2 atom stereocenters. The van der Waals surface area contributed by atoms with E-state index in [1.807, 2.05) is 36.6 Å². The smallest absolute Gasteiger partial charge is 0.225 e. The Hall–Kier alpha value is -1.36. The van der Waals surface area contributed by atoms with Gasteiger partial charge in [0.2, 0.25) is 5.91 Å². The topological polar surface area (TPSA) is 58.4 Å². The molecule has 1 N–H and O–H groups in total. The summed E-state index contributed by atoms with van der Waals surface area (Å²) in [5.41, 5.74) is -0.891. The van der Waals surface area contributed by atoms with Crippen molar-refractivity contribution in [2.24, 2.45) is 13.0 Å². The minimum Gasteiger partial charge on any atom is -0.382 e. The molecule has 110 valence electrons. The molecule has 2 saturated heterocycles. The molecule has 1 amide bonds. The summed E-state index contributed by atoms with van der Waals surface area (Å²) < 4.78 is 1.89. The van der Waals surface area contributed by atoms with Gasteiger partial charge in [0.1, 0.15) is 11.4 Å². The van der Waals surface area contributed by atoms with Crippen molar-refractivity contribution in [3.05, 3.63) is 18.2 Å². The summed E-state index contributed by atoms with van der Waals surface area (Å²) in [6, 6.07) is 0.315. The second kappa shape index (κ2) is 4.58. The van der Waals surface area contributed by atoms with Crippen LogP contribution in [-0.2, 0) is 17.4 Å². The largest absolute Gasteiger partial charge is 0.382 e. The van der Waals surface area contributed by atoms with Gasteiger partial charge in [-0.2, -0.15) is 0 Å². The number of piperidine rings is 1. The Kier molecular flexibility index (Phi) is 3.12. The summed E-state index contributed by atoms with van der Waals surface area (Å²) in [6.45, 7) is 3.89. The maximum Gasteiger partial charge on any atom is 0.225 e. The van der Waals surface area contributed by atoms with Gasteiger partial charge in [0.25, 0.3) is 0 Å². The number of rotatable bonds is 2. The number of hydrogen-bond acceptors (Lipinski definition) is 3. The third kappa shape index (κ3) is 1.95. The van der Waals surface area contributed by atoms with Crippen LogP contribution in [-0.4, -0.2) is 37.5 Å².